The van der Waals surface area contributed by atoms with Gasteiger partial charge < -0.3 is 5.73 Å². The molecule has 0 fully saturated rings. The Labute approximate surface area is 215 Å². The molecule has 0 heterocycles. The molecule has 0 amide bonds. The number of hydrogen-bond acceptors (Lipinski definition) is 4. The predicted octanol–water partition coefficient (Wildman–Crippen LogP) is 4.55. The van der Waals surface area contributed by atoms with E-state index in [0.29, 0.717) is 6.42 Å². The van der Waals surface area contributed by atoms with Gasteiger partial charge in [-0.25, -0.2) is 0 Å². The van der Waals surface area contributed by atoms with Gasteiger partial charge in [-0.15, -0.1) is 0 Å². The van der Waals surface area contributed by atoms with E-state index in [4.69, 9.17) is 10.3 Å². The van der Waals surface area contributed by atoms with Crippen LogP contribution in [-0.2, 0) is 14.9 Å². The van der Waals surface area contributed by atoms with Crippen molar-refractivity contribution in [2.45, 2.75) is 108 Å². The van der Waals surface area contributed by atoms with E-state index in [1.165, 1.54) is 51.4 Å². The van der Waals surface area contributed by atoms with Crippen LogP contribution in [0.5, 0.6) is 0 Å². The van der Waals surface area contributed by atoms with E-state index in [-0.39, 0.29) is 70.1 Å². The summed E-state index contributed by atoms with van der Waals surface area (Å²) >= 11 is 0. The maximum absolute atomic E-state index is 11.8. The number of Topliss-reactive ketones (excluding diaryl/α,β-unsaturated/α-hetero) is 1. The van der Waals surface area contributed by atoms with Crippen LogP contribution in [0.2, 0.25) is 0 Å². The monoisotopic (exact) mass is 443 g/mol. The first kappa shape index (κ1) is 31.1. The molecule has 0 aliphatic heterocycles. The molecule has 1 atom stereocenters. The fourth-order valence-electron chi connectivity index (χ4n) is 3.06. The summed E-state index contributed by atoms with van der Waals surface area (Å²) in [5.41, 5.74) is 5.30. The molecule has 0 spiro atoms. The second-order valence-corrected chi connectivity index (χ2v) is 9.15. The molecule has 1 unspecified atom stereocenters. The van der Waals surface area contributed by atoms with Crippen molar-refractivity contribution in [3.8, 4) is 0 Å². The van der Waals surface area contributed by atoms with E-state index in [9.17, 15) is 13.2 Å². The molecule has 0 bridgehead atoms. The van der Waals surface area contributed by atoms with Gasteiger partial charge in [0.25, 0.3) is 10.1 Å². The average Bonchev–Trinajstić information content (AvgIpc) is 2.62. The van der Waals surface area contributed by atoms with Crippen LogP contribution in [0.15, 0.2) is 12.2 Å². The fourth-order valence-corrected chi connectivity index (χ4v) is 3.70. The van der Waals surface area contributed by atoms with Crippen molar-refractivity contribution in [2.75, 3.05) is 6.54 Å². The zero-order valence-corrected chi connectivity index (χ0v) is 18.0. The minimum absolute atomic E-state index is 0. The van der Waals surface area contributed by atoms with Crippen LogP contribution in [0, 0.1) is 0 Å². The summed E-state index contributed by atoms with van der Waals surface area (Å²) in [5.74, 6) is -0.138. The number of ketones is 1. The van der Waals surface area contributed by atoms with E-state index >= 15 is 0 Å². The second-order valence-electron chi connectivity index (χ2n) is 7.45. The third kappa shape index (κ3) is 20.2. The first-order valence-corrected chi connectivity index (χ1v) is 12.2. The van der Waals surface area contributed by atoms with Crippen LogP contribution in [-0.4, -0.2) is 81.9 Å². The Morgan fingerprint density at radius 3 is 1.82 bits per heavy atom. The Morgan fingerprint density at radius 1 is 0.893 bits per heavy atom. The number of carbonyl (C=O) groups excluding carboxylic acids is 1. The first-order chi connectivity index (χ1) is 12.9. The number of allylic oxidation sites excluding steroid dienone is 2. The van der Waals surface area contributed by atoms with E-state index in [1.54, 1.807) is 0 Å². The average molecular weight is 444 g/mol. The minimum atomic E-state index is -4.22. The molecule has 28 heavy (non-hydrogen) atoms. The van der Waals surface area contributed by atoms with Crippen molar-refractivity contribution in [2.24, 2.45) is 5.73 Å². The molecule has 0 aliphatic carbocycles. The number of hydrogen-bond donors (Lipinski definition) is 2. The Hall–Kier alpha value is 0.916. The van der Waals surface area contributed by atoms with Gasteiger partial charge in [-0.2, -0.15) is 8.42 Å². The zero-order valence-electron chi connectivity index (χ0n) is 17.2. The molecule has 0 aromatic heterocycles. The van der Waals surface area contributed by atoms with E-state index in [2.05, 4.69) is 19.1 Å². The number of unbranched alkanes of at least 4 members (excludes halogenated alkanes) is 11. The molecule has 0 aromatic carbocycles. The third-order valence-electron chi connectivity index (χ3n) is 4.86. The quantitative estimate of drug-likeness (QED) is 0.132. The Bertz CT molecular complexity index is 495. The summed E-state index contributed by atoms with van der Waals surface area (Å²) in [6.07, 6.45) is 20.3. The Morgan fingerprint density at radius 2 is 1.36 bits per heavy atom. The summed E-state index contributed by atoms with van der Waals surface area (Å²) < 4.78 is 31.0. The summed E-state index contributed by atoms with van der Waals surface area (Å²) in [6.45, 7) is 2.02. The number of carbonyl (C=O) groups is 1. The van der Waals surface area contributed by atoms with Crippen molar-refractivity contribution in [3.63, 3.8) is 0 Å². The van der Waals surface area contributed by atoms with E-state index in [0.717, 1.165) is 32.1 Å². The van der Waals surface area contributed by atoms with Gasteiger partial charge >= 0.3 is 51.4 Å². The van der Waals surface area contributed by atoms with Crippen molar-refractivity contribution >= 4 is 67.3 Å². The van der Waals surface area contributed by atoms with E-state index < -0.39 is 15.4 Å². The van der Waals surface area contributed by atoms with Crippen LogP contribution in [0.4, 0.5) is 0 Å². The fraction of sp³-hybridized carbons (Fsp3) is 0.857. The molecule has 162 valence electrons. The van der Waals surface area contributed by atoms with Crippen LogP contribution < -0.4 is 5.73 Å². The van der Waals surface area contributed by atoms with Gasteiger partial charge in [-0.1, -0.05) is 70.4 Å². The molecule has 0 saturated carbocycles. The second kappa shape index (κ2) is 21.2. The normalized spacial score (nSPS) is 12.8. The number of nitrogens with two attached hydrogens (primary N) is 1. The zero-order chi connectivity index (χ0) is 20.4. The summed E-state index contributed by atoms with van der Waals surface area (Å²) in [5, 5.41) is -1.16. The first-order valence-electron chi connectivity index (χ1n) is 10.7. The summed E-state index contributed by atoms with van der Waals surface area (Å²) in [4.78, 5) is 11.8. The summed E-state index contributed by atoms with van der Waals surface area (Å²) in [6, 6.07) is 0. The molecule has 5 nitrogen and oxygen atoms in total. The van der Waals surface area contributed by atoms with Gasteiger partial charge in [-0.05, 0) is 32.1 Å². The maximum atomic E-state index is 11.8. The van der Waals surface area contributed by atoms with Crippen LogP contribution in [0.25, 0.3) is 0 Å². The molecular weight excluding hydrogens is 401 g/mol. The van der Waals surface area contributed by atoms with Gasteiger partial charge in [0.2, 0.25) is 0 Å². The predicted molar refractivity (Wildman–Crippen MR) is 121 cm³/mol. The van der Waals surface area contributed by atoms with Crippen LogP contribution in [0.1, 0.15) is 103 Å². The van der Waals surface area contributed by atoms with Crippen LogP contribution >= 0.6 is 0 Å². The van der Waals surface area contributed by atoms with Crippen molar-refractivity contribution in [3.05, 3.63) is 12.2 Å². The van der Waals surface area contributed by atoms with Crippen molar-refractivity contribution in [1.82, 2.24) is 0 Å². The molecular formula is C21H42KNO4S. The Balaban J connectivity index is 0. The number of rotatable bonds is 19. The molecule has 0 radical (unpaired) electrons. The Kier molecular flexibility index (Phi) is 23.5. The molecule has 7 heteroatoms. The van der Waals surface area contributed by atoms with Gasteiger partial charge in [0.1, 0.15) is 11.0 Å². The van der Waals surface area contributed by atoms with Crippen molar-refractivity contribution in [1.29, 1.82) is 0 Å². The topological polar surface area (TPSA) is 97.5 Å². The van der Waals surface area contributed by atoms with Gasteiger partial charge in [0.15, 0.2) is 0 Å². The van der Waals surface area contributed by atoms with Gasteiger partial charge in [-0.3, -0.25) is 9.35 Å². The van der Waals surface area contributed by atoms with E-state index in [1.807, 2.05) is 0 Å². The molecule has 0 rings (SSSR count). The third-order valence-corrected chi connectivity index (χ3v) is 6.06. The van der Waals surface area contributed by atoms with Gasteiger partial charge in [0.05, 0.1) is 0 Å². The van der Waals surface area contributed by atoms with Crippen LogP contribution in [0.3, 0.4) is 0 Å². The molecule has 3 N–H and O–H groups in total. The SMILES string of the molecule is CCCCCCCCC=CCCCCCCCC(=O)CC(CN)S(=O)(=O)O.[KH]. The summed E-state index contributed by atoms with van der Waals surface area (Å²) in [7, 11) is -4.22. The molecule has 0 aromatic rings. The molecule has 0 saturated heterocycles. The van der Waals surface area contributed by atoms with Gasteiger partial charge in [0, 0.05) is 19.4 Å². The molecule has 0 aliphatic rings. The standard InChI is InChI=1S/C21H41NO4S.K.H/c1-2-3-4-5-6-7-8-9-10-11-12-13-14-15-16-17-20(23)18-21(19-22)27(24,25)26;;/h9-10,21H,2-8,11-19,22H2,1H3,(H,24,25,26);;. The van der Waals surface area contributed by atoms with Crippen molar-refractivity contribution < 1.29 is 17.8 Å².